The SMILES string of the molecule is C[C@H]1NC(=O)N[C@@H]1CCCCCC(=O)NCCOc1ccccc1Cc1ccccc1. The van der Waals surface area contributed by atoms with Crippen molar-refractivity contribution in [2.45, 2.75) is 57.5 Å². The van der Waals surface area contributed by atoms with E-state index in [4.69, 9.17) is 4.74 Å². The van der Waals surface area contributed by atoms with Crippen LogP contribution in [0.2, 0.25) is 0 Å². The number of nitrogens with one attached hydrogen (secondary N) is 3. The molecular formula is C25H33N3O3. The molecule has 1 aliphatic rings. The van der Waals surface area contributed by atoms with Crippen LogP contribution in [0.15, 0.2) is 54.6 Å². The van der Waals surface area contributed by atoms with Crippen molar-refractivity contribution in [2.24, 2.45) is 0 Å². The lowest BCUT2D eigenvalue weighted by molar-refractivity contribution is -0.121. The van der Waals surface area contributed by atoms with Crippen LogP contribution in [0.1, 0.15) is 50.2 Å². The highest BCUT2D eigenvalue weighted by Crippen LogP contribution is 2.21. The Morgan fingerprint density at radius 2 is 1.77 bits per heavy atom. The van der Waals surface area contributed by atoms with Crippen molar-refractivity contribution in [1.29, 1.82) is 0 Å². The van der Waals surface area contributed by atoms with Crippen molar-refractivity contribution in [2.75, 3.05) is 13.2 Å². The number of amides is 3. The van der Waals surface area contributed by atoms with Crippen molar-refractivity contribution < 1.29 is 14.3 Å². The van der Waals surface area contributed by atoms with E-state index >= 15 is 0 Å². The number of urea groups is 1. The Hall–Kier alpha value is -3.02. The van der Waals surface area contributed by atoms with Crippen LogP contribution in [0.25, 0.3) is 0 Å². The fraction of sp³-hybridized carbons (Fsp3) is 0.440. The minimum absolute atomic E-state index is 0.0605. The number of benzene rings is 2. The molecule has 6 nitrogen and oxygen atoms in total. The number of ether oxygens (including phenoxy) is 1. The van der Waals surface area contributed by atoms with Crippen LogP contribution in [0.3, 0.4) is 0 Å². The lowest BCUT2D eigenvalue weighted by atomic mass is 10.0. The molecule has 1 aliphatic heterocycles. The van der Waals surface area contributed by atoms with E-state index in [-0.39, 0.29) is 24.0 Å². The molecule has 0 aromatic heterocycles. The second-order valence-corrected chi connectivity index (χ2v) is 8.08. The molecule has 0 spiro atoms. The number of rotatable bonds is 12. The summed E-state index contributed by atoms with van der Waals surface area (Å²) >= 11 is 0. The maximum absolute atomic E-state index is 12.0. The highest BCUT2D eigenvalue weighted by atomic mass is 16.5. The Labute approximate surface area is 184 Å². The molecule has 0 aliphatic carbocycles. The predicted molar refractivity (Wildman–Crippen MR) is 122 cm³/mol. The van der Waals surface area contributed by atoms with E-state index in [0.717, 1.165) is 43.4 Å². The van der Waals surface area contributed by atoms with Gasteiger partial charge in [0.1, 0.15) is 12.4 Å². The van der Waals surface area contributed by atoms with E-state index in [0.29, 0.717) is 19.6 Å². The number of unbranched alkanes of at least 4 members (excludes halogenated alkanes) is 2. The smallest absolute Gasteiger partial charge is 0.315 e. The maximum Gasteiger partial charge on any atom is 0.315 e. The van der Waals surface area contributed by atoms with Gasteiger partial charge in [-0.3, -0.25) is 4.79 Å². The molecule has 2 aromatic carbocycles. The highest BCUT2D eigenvalue weighted by molar-refractivity contribution is 5.77. The quantitative estimate of drug-likeness (QED) is 0.455. The molecular weight excluding hydrogens is 390 g/mol. The van der Waals surface area contributed by atoms with Crippen LogP contribution in [0, 0.1) is 0 Å². The normalized spacial score (nSPS) is 17.6. The molecule has 2 atom stereocenters. The molecule has 6 heteroatoms. The molecule has 3 rings (SSSR count). The van der Waals surface area contributed by atoms with Crippen molar-refractivity contribution >= 4 is 11.9 Å². The number of carbonyl (C=O) groups is 2. The summed E-state index contributed by atoms with van der Waals surface area (Å²) in [6, 6.07) is 18.6. The average Bonchev–Trinajstić information content (AvgIpc) is 3.09. The third-order valence-electron chi connectivity index (χ3n) is 5.59. The standard InChI is InChI=1S/C25H33N3O3/c1-19-22(28-25(30)27-19)13-6-3-7-15-24(29)26-16-17-31-23-14-9-8-12-21(23)18-20-10-4-2-5-11-20/h2,4-5,8-12,14,19,22H,3,6-7,13,15-18H2,1H3,(H,26,29)(H2,27,28,30)/t19-,22-/m1/s1. The first-order valence-electron chi connectivity index (χ1n) is 11.2. The average molecular weight is 424 g/mol. The van der Waals surface area contributed by atoms with Gasteiger partial charge in [0.15, 0.2) is 0 Å². The van der Waals surface area contributed by atoms with Crippen LogP contribution in [-0.4, -0.2) is 37.2 Å². The molecule has 1 fully saturated rings. The lowest BCUT2D eigenvalue weighted by Gasteiger charge is -2.13. The van der Waals surface area contributed by atoms with Crippen molar-refractivity contribution in [3.63, 3.8) is 0 Å². The van der Waals surface area contributed by atoms with Gasteiger partial charge in [0.05, 0.1) is 12.6 Å². The summed E-state index contributed by atoms with van der Waals surface area (Å²) in [5.74, 6) is 0.925. The first-order chi connectivity index (χ1) is 15.1. The van der Waals surface area contributed by atoms with E-state index in [1.165, 1.54) is 5.56 Å². The molecule has 3 amide bonds. The fourth-order valence-electron chi connectivity index (χ4n) is 3.84. The van der Waals surface area contributed by atoms with Gasteiger partial charge in [-0.15, -0.1) is 0 Å². The molecule has 0 unspecified atom stereocenters. The molecule has 0 saturated carbocycles. The van der Waals surface area contributed by atoms with Crippen LogP contribution < -0.4 is 20.7 Å². The molecule has 2 aromatic rings. The van der Waals surface area contributed by atoms with E-state index in [1.54, 1.807) is 0 Å². The summed E-state index contributed by atoms with van der Waals surface area (Å²) in [5, 5.41) is 8.72. The third kappa shape index (κ3) is 7.63. The Morgan fingerprint density at radius 1 is 1.00 bits per heavy atom. The molecule has 1 heterocycles. The van der Waals surface area contributed by atoms with E-state index < -0.39 is 0 Å². The van der Waals surface area contributed by atoms with Gasteiger partial charge in [-0.25, -0.2) is 4.79 Å². The highest BCUT2D eigenvalue weighted by Gasteiger charge is 2.26. The van der Waals surface area contributed by atoms with Gasteiger partial charge < -0.3 is 20.7 Å². The lowest BCUT2D eigenvalue weighted by Crippen LogP contribution is -2.30. The molecule has 1 saturated heterocycles. The van der Waals surface area contributed by atoms with Crippen molar-refractivity contribution in [1.82, 2.24) is 16.0 Å². The first-order valence-corrected chi connectivity index (χ1v) is 11.2. The van der Waals surface area contributed by atoms with Gasteiger partial charge in [0.25, 0.3) is 0 Å². The maximum atomic E-state index is 12.0. The topological polar surface area (TPSA) is 79.5 Å². The van der Waals surface area contributed by atoms with Crippen LogP contribution in [0.4, 0.5) is 4.79 Å². The molecule has 31 heavy (non-hydrogen) atoms. The van der Waals surface area contributed by atoms with Crippen molar-refractivity contribution in [3.05, 3.63) is 65.7 Å². The minimum Gasteiger partial charge on any atom is -0.491 e. The zero-order valence-electron chi connectivity index (χ0n) is 18.2. The number of hydrogen-bond acceptors (Lipinski definition) is 3. The summed E-state index contributed by atoms with van der Waals surface area (Å²) in [7, 11) is 0. The molecule has 166 valence electrons. The van der Waals surface area contributed by atoms with Crippen LogP contribution >= 0.6 is 0 Å². The summed E-state index contributed by atoms with van der Waals surface area (Å²) in [5.41, 5.74) is 2.39. The van der Waals surface area contributed by atoms with Gasteiger partial charge in [0, 0.05) is 18.9 Å². The van der Waals surface area contributed by atoms with E-state index in [2.05, 4.69) is 34.1 Å². The third-order valence-corrected chi connectivity index (χ3v) is 5.59. The van der Waals surface area contributed by atoms with Crippen LogP contribution in [0.5, 0.6) is 5.75 Å². The van der Waals surface area contributed by atoms with Gasteiger partial charge in [-0.05, 0) is 37.0 Å². The van der Waals surface area contributed by atoms with E-state index in [1.807, 2.05) is 43.3 Å². The Bertz CT molecular complexity index is 841. The predicted octanol–water partition coefficient (Wildman–Crippen LogP) is 3.79. The second-order valence-electron chi connectivity index (χ2n) is 8.08. The summed E-state index contributed by atoms with van der Waals surface area (Å²) in [4.78, 5) is 23.3. The summed E-state index contributed by atoms with van der Waals surface area (Å²) in [6.07, 6.45) is 5.13. The Kier molecular flexibility index (Phi) is 8.76. The van der Waals surface area contributed by atoms with Crippen molar-refractivity contribution in [3.8, 4) is 5.75 Å². The van der Waals surface area contributed by atoms with Gasteiger partial charge in [-0.2, -0.15) is 0 Å². The van der Waals surface area contributed by atoms with Gasteiger partial charge >= 0.3 is 6.03 Å². The second kappa shape index (κ2) is 12.0. The van der Waals surface area contributed by atoms with Gasteiger partial charge in [0.2, 0.25) is 5.91 Å². The first kappa shape index (κ1) is 22.7. The Balaban J connectivity index is 1.28. The number of para-hydroxylation sites is 1. The molecule has 3 N–H and O–H groups in total. The summed E-state index contributed by atoms with van der Waals surface area (Å²) in [6.45, 7) is 2.96. The minimum atomic E-state index is -0.0817. The van der Waals surface area contributed by atoms with E-state index in [9.17, 15) is 9.59 Å². The zero-order valence-corrected chi connectivity index (χ0v) is 18.2. The zero-order chi connectivity index (χ0) is 21.9. The molecule has 0 radical (unpaired) electrons. The number of hydrogen-bond donors (Lipinski definition) is 3. The number of carbonyl (C=O) groups excluding carboxylic acids is 2. The van der Waals surface area contributed by atoms with Crippen LogP contribution in [-0.2, 0) is 11.2 Å². The molecule has 0 bridgehead atoms. The largest absolute Gasteiger partial charge is 0.491 e. The monoisotopic (exact) mass is 423 g/mol. The fourth-order valence-corrected chi connectivity index (χ4v) is 3.84. The Morgan fingerprint density at radius 3 is 2.55 bits per heavy atom. The summed E-state index contributed by atoms with van der Waals surface area (Å²) < 4.78 is 5.92. The van der Waals surface area contributed by atoms with Gasteiger partial charge in [-0.1, -0.05) is 61.4 Å².